The highest BCUT2D eigenvalue weighted by molar-refractivity contribution is 7.80. The maximum Gasteiger partial charge on any atom is 0.488 e. The van der Waals surface area contributed by atoms with Gasteiger partial charge in [-0.25, -0.2) is 0 Å². The summed E-state index contributed by atoms with van der Waals surface area (Å²) >= 11 is 3.94. The van der Waals surface area contributed by atoms with Crippen LogP contribution in [0.25, 0.3) is 0 Å². The topological polar surface area (TPSA) is 128 Å². The van der Waals surface area contributed by atoms with E-state index in [4.69, 9.17) is 0 Å². The highest BCUT2D eigenvalue weighted by Crippen LogP contribution is 2.25. The maximum absolute atomic E-state index is 11.7. The van der Waals surface area contributed by atoms with Crippen molar-refractivity contribution >= 4 is 32.7 Å². The van der Waals surface area contributed by atoms with E-state index in [9.17, 15) is 24.2 Å². The third kappa shape index (κ3) is 9.00. The van der Waals surface area contributed by atoms with Crippen LogP contribution in [0, 0.1) is 5.41 Å². The minimum atomic E-state index is -3.04. The number of aliphatic hydroxyl groups is 1. The zero-order valence-electron chi connectivity index (χ0n) is 12.0. The normalized spacial score (nSPS) is 13.5. The van der Waals surface area contributed by atoms with Crippen molar-refractivity contribution in [1.29, 1.82) is 0 Å². The standard InChI is InChI=1S/C11H21N2O6PS/c1-11(2,7-19-20(17)18)9(15)10(16)13-4-3-8(14)12-5-6-21/h9,15,21H,3-7H2,1-2H3,(H,12,14)(H,13,16)/t9-/m0/s1. The molecular formula is C11H21N2O6PS. The summed E-state index contributed by atoms with van der Waals surface area (Å²) in [4.78, 5) is 33.4. The predicted molar refractivity (Wildman–Crippen MR) is 77.8 cm³/mol. The molecule has 0 rings (SSSR count). The molecule has 0 saturated carbocycles. The van der Waals surface area contributed by atoms with Crippen LogP contribution in [0.15, 0.2) is 0 Å². The summed E-state index contributed by atoms with van der Waals surface area (Å²) in [6.45, 7) is 3.19. The first kappa shape index (κ1) is 20.3. The lowest BCUT2D eigenvalue weighted by molar-refractivity contribution is -0.189. The molecule has 0 radical (unpaired) electrons. The zero-order valence-corrected chi connectivity index (χ0v) is 13.8. The van der Waals surface area contributed by atoms with E-state index in [-0.39, 0.29) is 25.5 Å². The predicted octanol–water partition coefficient (Wildman–Crippen LogP) is -1.04. The Kier molecular flexibility index (Phi) is 9.72. The maximum atomic E-state index is 11.7. The van der Waals surface area contributed by atoms with E-state index < -0.39 is 25.7 Å². The van der Waals surface area contributed by atoms with Crippen LogP contribution >= 0.6 is 20.9 Å². The van der Waals surface area contributed by atoms with Gasteiger partial charge in [0, 0.05) is 30.7 Å². The fourth-order valence-corrected chi connectivity index (χ4v) is 1.88. The Labute approximate surface area is 130 Å². The number of aliphatic hydroxyl groups excluding tert-OH is 1. The van der Waals surface area contributed by atoms with Crippen LogP contribution in [0.1, 0.15) is 20.3 Å². The van der Waals surface area contributed by atoms with Gasteiger partial charge in [0.1, 0.15) is 12.7 Å². The molecule has 0 saturated heterocycles. The minimum Gasteiger partial charge on any atom is -0.566 e. The molecule has 8 nitrogen and oxygen atoms in total. The van der Waals surface area contributed by atoms with Crippen LogP contribution in [0.5, 0.6) is 0 Å². The summed E-state index contributed by atoms with van der Waals surface area (Å²) in [5.41, 5.74) is -1.08. The van der Waals surface area contributed by atoms with Crippen LogP contribution in [0.2, 0.25) is 0 Å². The van der Waals surface area contributed by atoms with Gasteiger partial charge in [-0.2, -0.15) is 12.6 Å². The first-order valence-electron chi connectivity index (χ1n) is 6.31. The first-order valence-corrected chi connectivity index (χ1v) is 8.04. The summed E-state index contributed by atoms with van der Waals surface area (Å²) in [7, 11) is -3.04. The van der Waals surface area contributed by atoms with E-state index >= 15 is 0 Å². The Balaban J connectivity index is 4.14. The lowest BCUT2D eigenvalue weighted by atomic mass is 9.87. The van der Waals surface area contributed by atoms with Crippen LogP contribution in [-0.4, -0.2) is 48.5 Å². The molecule has 0 aromatic rings. The summed E-state index contributed by atoms with van der Waals surface area (Å²) in [6.07, 6.45) is -1.37. The van der Waals surface area contributed by atoms with Crippen molar-refractivity contribution in [2.75, 3.05) is 25.4 Å². The molecule has 21 heavy (non-hydrogen) atoms. The number of hydrogen-bond acceptors (Lipinski definition) is 7. The minimum absolute atomic E-state index is 0.0705. The first-order chi connectivity index (χ1) is 9.70. The smallest absolute Gasteiger partial charge is 0.488 e. The van der Waals surface area contributed by atoms with E-state index in [1.54, 1.807) is 0 Å². The second-order valence-corrected chi connectivity index (χ2v) is 6.16. The van der Waals surface area contributed by atoms with Gasteiger partial charge in [0.15, 0.2) is 0 Å². The Morgan fingerprint density at radius 1 is 1.38 bits per heavy atom. The molecule has 0 aromatic carbocycles. The average Bonchev–Trinajstić information content (AvgIpc) is 2.42. The van der Waals surface area contributed by atoms with E-state index in [0.29, 0.717) is 12.3 Å². The molecular weight excluding hydrogens is 319 g/mol. The molecule has 0 aliphatic rings. The number of hydrogen-bond donors (Lipinski definition) is 4. The molecule has 3 N–H and O–H groups in total. The molecule has 0 aliphatic carbocycles. The number of amides is 2. The van der Waals surface area contributed by atoms with Crippen LogP contribution in [-0.2, 0) is 18.7 Å². The van der Waals surface area contributed by atoms with Crippen molar-refractivity contribution in [2.45, 2.75) is 26.4 Å². The van der Waals surface area contributed by atoms with Gasteiger partial charge in [-0.1, -0.05) is 13.8 Å². The summed E-state index contributed by atoms with van der Waals surface area (Å²) < 4.78 is 14.8. The number of carbonyl (C=O) groups is 2. The van der Waals surface area contributed by atoms with E-state index in [1.807, 2.05) is 0 Å². The van der Waals surface area contributed by atoms with Crippen molar-refractivity contribution in [1.82, 2.24) is 10.6 Å². The number of carbonyl (C=O) groups excluding carboxylic acids is 2. The molecule has 0 aromatic heterocycles. The molecule has 10 heteroatoms. The molecule has 2 atom stereocenters. The Morgan fingerprint density at radius 2 is 2.00 bits per heavy atom. The molecule has 0 aliphatic heterocycles. The molecule has 122 valence electrons. The lowest BCUT2D eigenvalue weighted by Gasteiger charge is -2.27. The largest absolute Gasteiger partial charge is 0.566 e. The average molecular weight is 340 g/mol. The van der Waals surface area contributed by atoms with Gasteiger partial charge in [0.2, 0.25) is 11.8 Å². The van der Waals surface area contributed by atoms with Crippen molar-refractivity contribution in [3.8, 4) is 0 Å². The molecule has 0 fully saturated rings. The van der Waals surface area contributed by atoms with Crippen LogP contribution < -0.4 is 15.5 Å². The van der Waals surface area contributed by atoms with Gasteiger partial charge in [0.05, 0.1) is 0 Å². The monoisotopic (exact) mass is 340 g/mol. The summed E-state index contributed by atoms with van der Waals surface area (Å²) in [5.74, 6) is -0.399. The summed E-state index contributed by atoms with van der Waals surface area (Å²) in [6, 6.07) is 0. The zero-order chi connectivity index (χ0) is 16.5. The second-order valence-electron chi connectivity index (χ2n) is 5.00. The third-order valence-electron chi connectivity index (χ3n) is 2.62. The molecule has 0 spiro atoms. The highest BCUT2D eigenvalue weighted by atomic mass is 32.1. The molecule has 1 unspecified atom stereocenters. The Bertz CT molecular complexity index is 380. The van der Waals surface area contributed by atoms with Crippen molar-refractivity contribution in [3.63, 3.8) is 0 Å². The Hall–Kier alpha value is -0.730. The third-order valence-corrected chi connectivity index (χ3v) is 3.18. The van der Waals surface area contributed by atoms with Gasteiger partial charge < -0.3 is 20.6 Å². The highest BCUT2D eigenvalue weighted by Gasteiger charge is 2.35. The van der Waals surface area contributed by atoms with Crippen LogP contribution in [0.3, 0.4) is 0 Å². The SMILES string of the molecule is CC(C)(CO[P+](=O)[O-])[C@@H](O)C(=O)NCCC(=O)NCCS. The summed E-state index contributed by atoms with van der Waals surface area (Å²) in [5, 5.41) is 14.9. The number of nitrogens with one attached hydrogen (secondary N) is 2. The van der Waals surface area contributed by atoms with Gasteiger partial charge in [-0.05, 0) is 4.57 Å². The number of rotatable bonds is 10. The van der Waals surface area contributed by atoms with Gasteiger partial charge in [0.25, 0.3) is 0 Å². The van der Waals surface area contributed by atoms with Crippen LogP contribution in [0.4, 0.5) is 0 Å². The van der Waals surface area contributed by atoms with E-state index in [0.717, 1.165) is 0 Å². The molecule has 2 amide bonds. The number of thiol groups is 1. The van der Waals surface area contributed by atoms with Gasteiger partial charge in [-0.3, -0.25) is 9.59 Å². The Morgan fingerprint density at radius 3 is 2.52 bits per heavy atom. The lowest BCUT2D eigenvalue weighted by Crippen LogP contribution is -2.46. The molecule has 0 bridgehead atoms. The van der Waals surface area contributed by atoms with Gasteiger partial charge in [-0.15, -0.1) is 4.52 Å². The molecule has 0 heterocycles. The van der Waals surface area contributed by atoms with E-state index in [1.165, 1.54) is 13.8 Å². The van der Waals surface area contributed by atoms with Crippen molar-refractivity contribution in [2.24, 2.45) is 5.41 Å². The van der Waals surface area contributed by atoms with Crippen molar-refractivity contribution in [3.05, 3.63) is 0 Å². The fraction of sp³-hybridized carbons (Fsp3) is 0.818. The fourth-order valence-electron chi connectivity index (χ4n) is 1.33. The second kappa shape index (κ2) is 10.1. The quantitative estimate of drug-likeness (QED) is 0.297. The van der Waals surface area contributed by atoms with E-state index in [2.05, 4.69) is 27.8 Å². The van der Waals surface area contributed by atoms with Gasteiger partial charge >= 0.3 is 8.25 Å². The van der Waals surface area contributed by atoms with Crippen molar-refractivity contribution < 1.29 is 28.7 Å².